The van der Waals surface area contributed by atoms with Crippen LogP contribution in [-0.2, 0) is 11.3 Å². The molecule has 0 radical (unpaired) electrons. The number of hydrogen-bond acceptors (Lipinski definition) is 5. The van der Waals surface area contributed by atoms with Crippen LogP contribution < -0.4 is 15.4 Å². The van der Waals surface area contributed by atoms with Crippen molar-refractivity contribution in [3.8, 4) is 0 Å². The molecule has 29 heavy (non-hydrogen) atoms. The molecule has 0 amide bonds. The maximum absolute atomic E-state index is 13.9. The van der Waals surface area contributed by atoms with Crippen LogP contribution in [0.15, 0.2) is 41.2 Å². The molecule has 9 heteroatoms. The van der Waals surface area contributed by atoms with Gasteiger partial charge < -0.3 is 14.5 Å². The van der Waals surface area contributed by atoms with Crippen molar-refractivity contribution in [2.45, 2.75) is 38.1 Å². The van der Waals surface area contributed by atoms with Gasteiger partial charge >= 0.3 is 6.18 Å². The zero-order valence-corrected chi connectivity index (χ0v) is 16.1. The van der Waals surface area contributed by atoms with E-state index in [-0.39, 0.29) is 24.5 Å². The highest BCUT2D eigenvalue weighted by atomic mass is 19.4. The molecule has 2 aliphatic heterocycles. The van der Waals surface area contributed by atoms with E-state index in [2.05, 4.69) is 4.98 Å². The van der Waals surface area contributed by atoms with Crippen LogP contribution in [0.3, 0.4) is 0 Å². The van der Waals surface area contributed by atoms with E-state index in [1.807, 2.05) is 11.0 Å². The standard InChI is InChI=1S/C20H23F3N4O2/c1-14(15-5-3-2-4-6-15)27-16(20(21,22)23)7-8-26-18(28)13-17(24-19(26)27)25-9-11-29-12-10-25/h2-6,13-14,16H,7-12H2,1H3/t14-,16-/m0/s1. The minimum Gasteiger partial charge on any atom is -0.378 e. The largest absolute Gasteiger partial charge is 0.408 e. The zero-order chi connectivity index (χ0) is 20.6. The lowest BCUT2D eigenvalue weighted by molar-refractivity contribution is -0.154. The lowest BCUT2D eigenvalue weighted by Gasteiger charge is -2.43. The SMILES string of the molecule is C[C@@H](c1ccccc1)N1c2nc(N3CCOCC3)cc(=O)n2CC[C@H]1C(F)(F)F. The number of anilines is 2. The second-order valence-corrected chi connectivity index (χ2v) is 7.34. The summed E-state index contributed by atoms with van der Waals surface area (Å²) in [7, 11) is 0. The third-order valence-corrected chi connectivity index (χ3v) is 5.58. The number of fused-ring (bicyclic) bond motifs is 1. The topological polar surface area (TPSA) is 50.6 Å². The van der Waals surface area contributed by atoms with Gasteiger partial charge in [0.15, 0.2) is 0 Å². The molecule has 1 aromatic carbocycles. The van der Waals surface area contributed by atoms with Gasteiger partial charge in [-0.3, -0.25) is 9.36 Å². The molecule has 0 aliphatic carbocycles. The van der Waals surface area contributed by atoms with Gasteiger partial charge in [0.2, 0.25) is 5.95 Å². The molecule has 0 unspecified atom stereocenters. The highest BCUT2D eigenvalue weighted by Gasteiger charge is 2.48. The van der Waals surface area contributed by atoms with Crippen molar-refractivity contribution in [2.24, 2.45) is 0 Å². The van der Waals surface area contributed by atoms with Crippen LogP contribution in [0.4, 0.5) is 24.9 Å². The molecule has 0 bridgehead atoms. The first kappa shape index (κ1) is 19.8. The summed E-state index contributed by atoms with van der Waals surface area (Å²) in [4.78, 5) is 20.4. The monoisotopic (exact) mass is 408 g/mol. The van der Waals surface area contributed by atoms with E-state index in [0.29, 0.717) is 32.1 Å². The maximum Gasteiger partial charge on any atom is 0.408 e. The minimum atomic E-state index is -4.43. The molecule has 0 N–H and O–H groups in total. The number of rotatable bonds is 3. The lowest BCUT2D eigenvalue weighted by atomic mass is 10.0. The van der Waals surface area contributed by atoms with Gasteiger partial charge in [-0.25, -0.2) is 0 Å². The van der Waals surface area contributed by atoms with Crippen LogP contribution in [0.5, 0.6) is 0 Å². The first-order valence-corrected chi connectivity index (χ1v) is 9.71. The van der Waals surface area contributed by atoms with Gasteiger partial charge in [0.25, 0.3) is 5.56 Å². The van der Waals surface area contributed by atoms with Crippen molar-refractivity contribution in [3.05, 3.63) is 52.3 Å². The molecular weight excluding hydrogens is 385 g/mol. The Kier molecular flexibility index (Phi) is 5.24. The minimum absolute atomic E-state index is 0.00720. The fourth-order valence-electron chi connectivity index (χ4n) is 4.03. The Hall–Kier alpha value is -2.55. The van der Waals surface area contributed by atoms with Gasteiger partial charge in [0, 0.05) is 25.7 Å². The maximum atomic E-state index is 13.9. The first-order chi connectivity index (χ1) is 13.9. The molecule has 6 nitrogen and oxygen atoms in total. The molecule has 3 heterocycles. The van der Waals surface area contributed by atoms with E-state index in [9.17, 15) is 18.0 Å². The Balaban J connectivity index is 1.82. The lowest BCUT2D eigenvalue weighted by Crippen LogP contribution is -2.53. The summed E-state index contributed by atoms with van der Waals surface area (Å²) in [5.41, 5.74) is 0.406. The van der Waals surface area contributed by atoms with Crippen molar-refractivity contribution < 1.29 is 17.9 Å². The molecule has 2 atom stereocenters. The number of benzene rings is 1. The van der Waals surface area contributed by atoms with Gasteiger partial charge in [-0.15, -0.1) is 0 Å². The number of aromatic nitrogens is 2. The number of alkyl halides is 3. The number of morpholine rings is 1. The zero-order valence-electron chi connectivity index (χ0n) is 16.1. The molecule has 1 saturated heterocycles. The smallest absolute Gasteiger partial charge is 0.378 e. The summed E-state index contributed by atoms with van der Waals surface area (Å²) in [5.74, 6) is 0.474. The van der Waals surface area contributed by atoms with Crippen molar-refractivity contribution in [1.82, 2.24) is 9.55 Å². The average Bonchev–Trinajstić information content (AvgIpc) is 2.73. The predicted octanol–water partition coefficient (Wildman–Crippen LogP) is 2.98. The van der Waals surface area contributed by atoms with Gasteiger partial charge in [0.1, 0.15) is 11.9 Å². The van der Waals surface area contributed by atoms with Crippen LogP contribution in [0.25, 0.3) is 0 Å². The van der Waals surface area contributed by atoms with E-state index >= 15 is 0 Å². The van der Waals surface area contributed by atoms with Crippen molar-refractivity contribution >= 4 is 11.8 Å². The Morgan fingerprint density at radius 1 is 1.14 bits per heavy atom. The Morgan fingerprint density at radius 3 is 2.48 bits per heavy atom. The fraction of sp³-hybridized carbons (Fsp3) is 0.500. The Labute approximate surface area is 166 Å². The average molecular weight is 408 g/mol. The molecule has 1 fully saturated rings. The number of halogens is 3. The molecule has 2 aromatic rings. The summed E-state index contributed by atoms with van der Waals surface area (Å²) >= 11 is 0. The Morgan fingerprint density at radius 2 is 1.83 bits per heavy atom. The first-order valence-electron chi connectivity index (χ1n) is 9.71. The summed E-state index contributed by atoms with van der Waals surface area (Å²) in [6.07, 6.45) is -4.62. The molecule has 0 saturated carbocycles. The highest BCUT2D eigenvalue weighted by molar-refractivity contribution is 5.48. The third-order valence-electron chi connectivity index (χ3n) is 5.58. The van der Waals surface area contributed by atoms with Crippen LogP contribution >= 0.6 is 0 Å². The van der Waals surface area contributed by atoms with Crippen molar-refractivity contribution in [3.63, 3.8) is 0 Å². The van der Waals surface area contributed by atoms with Crippen LogP contribution in [0.1, 0.15) is 24.9 Å². The van der Waals surface area contributed by atoms with Gasteiger partial charge in [-0.05, 0) is 18.9 Å². The number of ether oxygens (including phenoxy) is 1. The predicted molar refractivity (Wildman–Crippen MR) is 103 cm³/mol. The third kappa shape index (κ3) is 3.83. The van der Waals surface area contributed by atoms with E-state index in [4.69, 9.17) is 4.74 Å². The van der Waals surface area contributed by atoms with Gasteiger partial charge in [-0.1, -0.05) is 30.3 Å². The van der Waals surface area contributed by atoms with E-state index in [0.717, 1.165) is 5.56 Å². The van der Waals surface area contributed by atoms with E-state index in [1.54, 1.807) is 31.2 Å². The molecule has 2 aliphatic rings. The number of hydrogen-bond donors (Lipinski definition) is 0. The number of nitrogens with zero attached hydrogens (tertiary/aromatic N) is 4. The van der Waals surface area contributed by atoms with Crippen LogP contribution in [0.2, 0.25) is 0 Å². The van der Waals surface area contributed by atoms with Crippen molar-refractivity contribution in [2.75, 3.05) is 36.1 Å². The van der Waals surface area contributed by atoms with Gasteiger partial charge in [-0.2, -0.15) is 18.2 Å². The second kappa shape index (κ2) is 7.70. The Bertz CT molecular complexity index is 910. The fourth-order valence-corrected chi connectivity index (χ4v) is 4.03. The normalized spacial score (nSPS) is 21.0. The van der Waals surface area contributed by atoms with Gasteiger partial charge in [0.05, 0.1) is 19.3 Å². The van der Waals surface area contributed by atoms with Crippen molar-refractivity contribution in [1.29, 1.82) is 0 Å². The molecule has 4 rings (SSSR count). The summed E-state index contributed by atoms with van der Waals surface area (Å²) in [6.45, 7) is 3.80. The second-order valence-electron chi connectivity index (χ2n) is 7.34. The van der Waals surface area contributed by atoms with E-state index in [1.165, 1.54) is 15.5 Å². The molecule has 0 spiro atoms. The quantitative estimate of drug-likeness (QED) is 0.782. The van der Waals surface area contributed by atoms with Crippen LogP contribution in [0, 0.1) is 0 Å². The summed E-state index contributed by atoms with van der Waals surface area (Å²) < 4.78 is 48.5. The molecule has 1 aromatic heterocycles. The van der Waals surface area contributed by atoms with Crippen LogP contribution in [-0.4, -0.2) is 48.1 Å². The summed E-state index contributed by atoms with van der Waals surface area (Å²) in [5, 5.41) is 0. The highest BCUT2D eigenvalue weighted by Crippen LogP contribution is 2.39. The molecular formula is C20H23F3N4O2. The molecule has 156 valence electrons. The summed E-state index contributed by atoms with van der Waals surface area (Å²) in [6, 6.07) is 8.11. The van der Waals surface area contributed by atoms with E-state index < -0.39 is 18.3 Å².